The lowest BCUT2D eigenvalue weighted by Crippen LogP contribution is -2.40. The van der Waals surface area contributed by atoms with Crippen molar-refractivity contribution in [2.24, 2.45) is 10.7 Å². The van der Waals surface area contributed by atoms with Gasteiger partial charge in [0.05, 0.1) is 0 Å². The molecule has 0 fully saturated rings. The molecule has 0 radical (unpaired) electrons. The zero-order valence-electron chi connectivity index (χ0n) is 11.3. The molecule has 0 saturated carbocycles. The van der Waals surface area contributed by atoms with E-state index in [1.165, 1.54) is 7.11 Å². The smallest absolute Gasteiger partial charge is 0.318 e. The number of amides is 2. The summed E-state index contributed by atoms with van der Waals surface area (Å²) in [7, 11) is 1.52. The summed E-state index contributed by atoms with van der Waals surface area (Å²) in [6.07, 6.45) is 2.05. The van der Waals surface area contributed by atoms with Gasteiger partial charge < -0.3 is 15.8 Å². The summed E-state index contributed by atoms with van der Waals surface area (Å²) in [5, 5.41) is 5.34. The topological polar surface area (TPSA) is 102 Å². The van der Waals surface area contributed by atoms with E-state index < -0.39 is 12.3 Å². The van der Waals surface area contributed by atoms with Crippen LogP contribution in [0, 0.1) is 0 Å². The number of nitrogens with two attached hydrogens (primary N) is 1. The van der Waals surface area contributed by atoms with Gasteiger partial charge >= 0.3 is 6.03 Å². The van der Waals surface area contributed by atoms with Crippen LogP contribution >= 0.6 is 0 Å². The molecule has 1 aromatic heterocycles. The Hall–Kier alpha value is -2.15. The first kappa shape index (κ1) is 14.9. The first-order valence-corrected chi connectivity index (χ1v) is 5.94. The van der Waals surface area contributed by atoms with Crippen LogP contribution in [0.25, 0.3) is 0 Å². The van der Waals surface area contributed by atoms with Crippen molar-refractivity contribution in [3.63, 3.8) is 0 Å². The molecule has 0 aromatic carbocycles. The van der Waals surface area contributed by atoms with Crippen LogP contribution in [0.2, 0.25) is 0 Å². The highest BCUT2D eigenvalue weighted by Gasteiger charge is 2.08. The van der Waals surface area contributed by atoms with Crippen LogP contribution in [0.5, 0.6) is 0 Å². The van der Waals surface area contributed by atoms with Crippen LogP contribution in [-0.4, -0.2) is 30.3 Å². The van der Waals surface area contributed by atoms with Gasteiger partial charge in [-0.15, -0.1) is 0 Å². The van der Waals surface area contributed by atoms with Gasteiger partial charge in [-0.25, -0.2) is 14.8 Å². The maximum absolute atomic E-state index is 11.0. The molecule has 19 heavy (non-hydrogen) atoms. The molecule has 0 aliphatic heterocycles. The number of hydrogen-bond donors (Lipinski definition) is 3. The summed E-state index contributed by atoms with van der Waals surface area (Å²) in [6.45, 7) is 3.75. The van der Waals surface area contributed by atoms with Crippen molar-refractivity contribution in [2.45, 2.75) is 26.5 Å². The molecule has 104 valence electrons. The molecule has 1 unspecified atom stereocenters. The quantitative estimate of drug-likeness (QED) is 0.560. The number of primary amides is 1. The Balaban J connectivity index is 2.93. The summed E-state index contributed by atoms with van der Waals surface area (Å²) in [4.78, 5) is 19.3. The maximum atomic E-state index is 11.0. The average molecular weight is 265 g/mol. The number of carbonyl (C=O) groups is 1. The third-order valence-electron chi connectivity index (χ3n) is 2.40. The number of hydrogen-bond acceptors (Lipinski definition) is 4. The van der Waals surface area contributed by atoms with Crippen LogP contribution < -0.4 is 16.4 Å². The molecule has 2 amide bonds. The Morgan fingerprint density at radius 3 is 2.95 bits per heavy atom. The number of ether oxygens (including phenoxy) is 1. The summed E-state index contributed by atoms with van der Waals surface area (Å²) in [5.74, 6) is 0.830. The summed E-state index contributed by atoms with van der Waals surface area (Å²) in [6, 6.07) is 3.08. The van der Waals surface area contributed by atoms with Crippen LogP contribution in [-0.2, 0) is 11.2 Å². The number of aliphatic imine (C=N–C) groups is 1. The number of urea groups is 1. The van der Waals surface area contributed by atoms with E-state index in [2.05, 4.69) is 20.6 Å². The van der Waals surface area contributed by atoms with E-state index in [4.69, 9.17) is 10.5 Å². The third kappa shape index (κ3) is 4.92. The Kier molecular flexibility index (Phi) is 5.74. The van der Waals surface area contributed by atoms with E-state index >= 15 is 0 Å². The van der Waals surface area contributed by atoms with Gasteiger partial charge in [0.2, 0.25) is 5.96 Å². The van der Waals surface area contributed by atoms with Crippen molar-refractivity contribution in [1.29, 1.82) is 0 Å². The van der Waals surface area contributed by atoms with Crippen LogP contribution in [0.15, 0.2) is 23.3 Å². The lowest BCUT2D eigenvalue weighted by Gasteiger charge is -2.13. The minimum Gasteiger partial charge on any atom is -0.360 e. The highest BCUT2D eigenvalue weighted by molar-refractivity contribution is 6.03. The molecule has 4 N–H and O–H groups in total. The summed E-state index contributed by atoms with van der Waals surface area (Å²) in [5.41, 5.74) is 6.11. The number of nitrogens with zero attached hydrogens (tertiary/aromatic N) is 2. The Labute approximate surface area is 112 Å². The number of nitrogens with one attached hydrogen (secondary N) is 2. The second-order valence-corrected chi connectivity index (χ2v) is 3.79. The van der Waals surface area contributed by atoms with Gasteiger partial charge in [0.25, 0.3) is 0 Å². The molecule has 1 heterocycles. The Morgan fingerprint density at radius 1 is 1.63 bits per heavy atom. The number of guanidine groups is 1. The number of aromatic nitrogens is 1. The first-order chi connectivity index (χ1) is 9.06. The monoisotopic (exact) mass is 265 g/mol. The number of aryl methyl sites for hydroxylation is 1. The number of methoxy groups -OCH3 is 1. The zero-order valence-corrected chi connectivity index (χ0v) is 11.3. The lowest BCUT2D eigenvalue weighted by molar-refractivity contribution is 0.126. The van der Waals surface area contributed by atoms with Crippen LogP contribution in [0.3, 0.4) is 0 Å². The van der Waals surface area contributed by atoms with Crippen molar-refractivity contribution in [1.82, 2.24) is 10.3 Å². The van der Waals surface area contributed by atoms with Gasteiger partial charge in [-0.05, 0) is 25.0 Å². The van der Waals surface area contributed by atoms with Crippen LogP contribution in [0.1, 0.15) is 19.4 Å². The van der Waals surface area contributed by atoms with E-state index in [1.54, 1.807) is 13.1 Å². The number of carbonyl (C=O) groups excluding carboxylic acids is 1. The van der Waals surface area contributed by atoms with E-state index in [9.17, 15) is 4.79 Å². The fraction of sp³-hybridized carbons (Fsp3) is 0.417. The molecule has 7 nitrogen and oxygen atoms in total. The second kappa shape index (κ2) is 7.32. The van der Waals surface area contributed by atoms with Gasteiger partial charge in [-0.3, -0.25) is 5.32 Å². The molecule has 0 saturated heterocycles. The fourth-order valence-electron chi connectivity index (χ4n) is 1.40. The third-order valence-corrected chi connectivity index (χ3v) is 2.40. The minimum atomic E-state index is -0.705. The van der Waals surface area contributed by atoms with E-state index in [0.29, 0.717) is 5.82 Å². The van der Waals surface area contributed by atoms with Crippen LogP contribution in [0.4, 0.5) is 10.6 Å². The van der Waals surface area contributed by atoms with E-state index in [0.717, 1.165) is 12.0 Å². The van der Waals surface area contributed by atoms with Crippen molar-refractivity contribution in [3.8, 4) is 0 Å². The van der Waals surface area contributed by atoms with Gasteiger partial charge in [0, 0.05) is 13.3 Å². The molecular formula is C12H19N5O2. The minimum absolute atomic E-state index is 0.204. The predicted molar refractivity (Wildman–Crippen MR) is 73.9 cm³/mol. The highest BCUT2D eigenvalue weighted by Crippen LogP contribution is 2.11. The highest BCUT2D eigenvalue weighted by atomic mass is 16.5. The van der Waals surface area contributed by atoms with Crippen molar-refractivity contribution in [2.75, 3.05) is 12.4 Å². The van der Waals surface area contributed by atoms with Crippen molar-refractivity contribution < 1.29 is 9.53 Å². The molecule has 0 aliphatic carbocycles. The van der Waals surface area contributed by atoms with Gasteiger partial charge in [-0.1, -0.05) is 13.0 Å². The number of anilines is 1. The normalized spacial score (nSPS) is 12.9. The SMILES string of the molecule is CCc1cccnc1N/C(=N/C(C)OC)NC(N)=O. The number of pyridine rings is 1. The largest absolute Gasteiger partial charge is 0.360 e. The van der Waals surface area contributed by atoms with Gasteiger partial charge in [0.15, 0.2) is 0 Å². The van der Waals surface area contributed by atoms with Gasteiger partial charge in [0.1, 0.15) is 12.0 Å². The predicted octanol–water partition coefficient (Wildman–Crippen LogP) is 1.07. The second-order valence-electron chi connectivity index (χ2n) is 3.79. The van der Waals surface area contributed by atoms with Gasteiger partial charge in [-0.2, -0.15) is 0 Å². The molecule has 7 heteroatoms. The standard InChI is InChI=1S/C12H19N5O2/c1-4-9-6-5-7-14-10(9)16-12(17-11(13)18)15-8(2)19-3/h5-8H,4H2,1-3H3,(H4,13,14,15,16,17,18). The number of rotatable bonds is 4. The average Bonchev–Trinajstić information content (AvgIpc) is 2.38. The molecule has 0 aliphatic rings. The molecule has 1 atom stereocenters. The molecule has 1 aromatic rings. The zero-order chi connectivity index (χ0) is 14.3. The van der Waals surface area contributed by atoms with Crippen molar-refractivity contribution >= 4 is 17.8 Å². The summed E-state index contributed by atoms with van der Waals surface area (Å²) >= 11 is 0. The van der Waals surface area contributed by atoms with E-state index in [1.807, 2.05) is 19.1 Å². The maximum Gasteiger partial charge on any atom is 0.318 e. The summed E-state index contributed by atoms with van der Waals surface area (Å²) < 4.78 is 5.02. The first-order valence-electron chi connectivity index (χ1n) is 5.94. The molecule has 0 bridgehead atoms. The van der Waals surface area contributed by atoms with Crippen molar-refractivity contribution in [3.05, 3.63) is 23.9 Å². The Bertz CT molecular complexity index is 461. The Morgan fingerprint density at radius 2 is 2.37 bits per heavy atom. The molecular weight excluding hydrogens is 246 g/mol. The lowest BCUT2D eigenvalue weighted by atomic mass is 10.2. The molecule has 0 spiro atoms. The van der Waals surface area contributed by atoms with E-state index in [-0.39, 0.29) is 5.96 Å². The fourth-order valence-corrected chi connectivity index (χ4v) is 1.40. The molecule has 1 rings (SSSR count).